The van der Waals surface area contributed by atoms with Gasteiger partial charge in [-0.15, -0.1) is 0 Å². The van der Waals surface area contributed by atoms with Crippen molar-refractivity contribution in [2.75, 3.05) is 18.6 Å². The SMILES string of the molecule is CCOc1nc(Cl)nc(N(C)C2CCCC2)n1. The van der Waals surface area contributed by atoms with Gasteiger partial charge in [-0.1, -0.05) is 12.8 Å². The Bertz CT molecular complexity index is 382. The molecule has 1 aliphatic carbocycles. The van der Waals surface area contributed by atoms with E-state index >= 15 is 0 Å². The third-order valence-corrected chi connectivity index (χ3v) is 3.21. The number of nitrogens with zero attached hydrogens (tertiary/aromatic N) is 4. The van der Waals surface area contributed by atoms with E-state index in [0.717, 1.165) is 0 Å². The van der Waals surface area contributed by atoms with Crippen LogP contribution in [0.3, 0.4) is 0 Å². The fourth-order valence-corrected chi connectivity index (χ4v) is 2.28. The maximum absolute atomic E-state index is 5.87. The molecule has 2 rings (SSSR count). The topological polar surface area (TPSA) is 51.1 Å². The van der Waals surface area contributed by atoms with Crippen LogP contribution in [0.4, 0.5) is 5.95 Å². The Morgan fingerprint density at radius 1 is 1.29 bits per heavy atom. The number of hydrogen-bond donors (Lipinski definition) is 0. The van der Waals surface area contributed by atoms with Crippen LogP contribution < -0.4 is 9.64 Å². The normalized spacial score (nSPS) is 16.2. The molecule has 0 aromatic carbocycles. The highest BCUT2D eigenvalue weighted by Gasteiger charge is 2.22. The Labute approximate surface area is 106 Å². The molecule has 0 N–H and O–H groups in total. The monoisotopic (exact) mass is 256 g/mol. The van der Waals surface area contributed by atoms with Crippen molar-refractivity contribution in [3.8, 4) is 6.01 Å². The van der Waals surface area contributed by atoms with Crippen molar-refractivity contribution in [3.63, 3.8) is 0 Å². The van der Waals surface area contributed by atoms with Gasteiger partial charge in [0.25, 0.3) is 0 Å². The first-order chi connectivity index (χ1) is 8.20. The minimum absolute atomic E-state index is 0.184. The Morgan fingerprint density at radius 3 is 2.65 bits per heavy atom. The van der Waals surface area contributed by atoms with E-state index in [1.165, 1.54) is 25.7 Å². The van der Waals surface area contributed by atoms with E-state index in [0.29, 0.717) is 24.6 Å². The van der Waals surface area contributed by atoms with Gasteiger partial charge in [0.1, 0.15) is 0 Å². The van der Waals surface area contributed by atoms with Crippen LogP contribution >= 0.6 is 11.6 Å². The molecule has 1 aromatic heterocycles. The van der Waals surface area contributed by atoms with E-state index < -0.39 is 0 Å². The zero-order valence-electron chi connectivity index (χ0n) is 10.2. The standard InChI is InChI=1S/C11H17ClN4O/c1-3-17-11-14-9(12)13-10(15-11)16(2)8-6-4-5-7-8/h8H,3-7H2,1-2H3. The number of hydrogen-bond acceptors (Lipinski definition) is 5. The molecule has 0 saturated heterocycles. The fraction of sp³-hybridized carbons (Fsp3) is 0.727. The summed E-state index contributed by atoms with van der Waals surface area (Å²) in [7, 11) is 2.00. The van der Waals surface area contributed by atoms with E-state index in [2.05, 4.69) is 19.9 Å². The fourth-order valence-electron chi connectivity index (χ4n) is 2.13. The van der Waals surface area contributed by atoms with Crippen LogP contribution in [0.2, 0.25) is 5.28 Å². The van der Waals surface area contributed by atoms with Crippen molar-refractivity contribution in [1.29, 1.82) is 0 Å². The second-order valence-corrected chi connectivity index (χ2v) is 4.51. The van der Waals surface area contributed by atoms with Crippen LogP contribution in [0.15, 0.2) is 0 Å². The molecule has 6 heteroatoms. The molecular formula is C11H17ClN4O. The smallest absolute Gasteiger partial charge is 0.322 e. The minimum Gasteiger partial charge on any atom is -0.464 e. The summed E-state index contributed by atoms with van der Waals surface area (Å²) in [5, 5.41) is 0.184. The molecule has 1 saturated carbocycles. The first kappa shape index (κ1) is 12.4. The summed E-state index contributed by atoms with van der Waals surface area (Å²) in [5.41, 5.74) is 0. The third-order valence-electron chi connectivity index (χ3n) is 3.04. The molecule has 1 aliphatic rings. The maximum atomic E-state index is 5.87. The molecule has 1 heterocycles. The molecule has 94 valence electrons. The molecule has 0 radical (unpaired) electrons. The van der Waals surface area contributed by atoms with Gasteiger partial charge in [0.2, 0.25) is 11.2 Å². The highest BCUT2D eigenvalue weighted by molar-refractivity contribution is 6.28. The van der Waals surface area contributed by atoms with Crippen LogP contribution in [-0.4, -0.2) is 34.6 Å². The third kappa shape index (κ3) is 2.97. The number of aromatic nitrogens is 3. The highest BCUT2D eigenvalue weighted by atomic mass is 35.5. The van der Waals surface area contributed by atoms with E-state index in [1.54, 1.807) is 0 Å². The molecule has 1 aromatic rings. The molecule has 17 heavy (non-hydrogen) atoms. The molecule has 0 atom stereocenters. The van der Waals surface area contributed by atoms with Crippen molar-refractivity contribution in [2.24, 2.45) is 0 Å². The average Bonchev–Trinajstić information content (AvgIpc) is 2.81. The quantitative estimate of drug-likeness (QED) is 0.827. The van der Waals surface area contributed by atoms with E-state index in [1.807, 2.05) is 14.0 Å². The Morgan fingerprint density at radius 2 is 2.00 bits per heavy atom. The zero-order valence-corrected chi connectivity index (χ0v) is 10.9. The molecule has 0 bridgehead atoms. The van der Waals surface area contributed by atoms with Crippen molar-refractivity contribution < 1.29 is 4.74 Å². The number of anilines is 1. The second kappa shape index (κ2) is 5.49. The van der Waals surface area contributed by atoms with Gasteiger partial charge in [-0.2, -0.15) is 15.0 Å². The lowest BCUT2D eigenvalue weighted by Crippen LogP contribution is -2.30. The summed E-state index contributed by atoms with van der Waals surface area (Å²) in [5.74, 6) is 0.598. The van der Waals surface area contributed by atoms with Gasteiger partial charge in [0.15, 0.2) is 0 Å². The summed E-state index contributed by atoms with van der Waals surface area (Å²) in [6, 6.07) is 0.801. The number of halogens is 1. The first-order valence-corrected chi connectivity index (χ1v) is 6.35. The lowest BCUT2D eigenvalue weighted by molar-refractivity contribution is 0.311. The Balaban J connectivity index is 2.18. The Hall–Kier alpha value is -1.10. The van der Waals surface area contributed by atoms with E-state index in [9.17, 15) is 0 Å². The molecule has 0 unspecified atom stereocenters. The summed E-state index contributed by atoms with van der Waals surface area (Å²) in [6.45, 7) is 2.41. The van der Waals surface area contributed by atoms with Gasteiger partial charge in [-0.25, -0.2) is 0 Å². The van der Waals surface area contributed by atoms with Crippen LogP contribution in [0, 0.1) is 0 Å². The zero-order chi connectivity index (χ0) is 12.3. The maximum Gasteiger partial charge on any atom is 0.322 e. The van der Waals surface area contributed by atoms with Crippen LogP contribution in [0.5, 0.6) is 6.01 Å². The van der Waals surface area contributed by atoms with E-state index in [4.69, 9.17) is 16.3 Å². The van der Waals surface area contributed by atoms with Gasteiger partial charge in [-0.05, 0) is 31.4 Å². The van der Waals surface area contributed by atoms with Crippen LogP contribution in [-0.2, 0) is 0 Å². The van der Waals surface area contributed by atoms with Crippen molar-refractivity contribution in [1.82, 2.24) is 15.0 Å². The molecule has 0 aliphatic heterocycles. The lowest BCUT2D eigenvalue weighted by Gasteiger charge is -2.24. The summed E-state index contributed by atoms with van der Waals surface area (Å²) in [4.78, 5) is 14.4. The first-order valence-electron chi connectivity index (χ1n) is 5.98. The Kier molecular flexibility index (Phi) is 3.99. The molecule has 0 amide bonds. The van der Waals surface area contributed by atoms with E-state index in [-0.39, 0.29) is 5.28 Å². The lowest BCUT2D eigenvalue weighted by atomic mass is 10.2. The molecular weight excluding hydrogens is 240 g/mol. The minimum atomic E-state index is 0.184. The predicted molar refractivity (Wildman–Crippen MR) is 66.7 cm³/mol. The number of rotatable bonds is 4. The number of ether oxygens (including phenoxy) is 1. The van der Waals surface area contributed by atoms with Crippen molar-refractivity contribution in [2.45, 2.75) is 38.6 Å². The van der Waals surface area contributed by atoms with Gasteiger partial charge < -0.3 is 9.64 Å². The molecule has 5 nitrogen and oxygen atoms in total. The van der Waals surface area contributed by atoms with Crippen molar-refractivity contribution >= 4 is 17.5 Å². The van der Waals surface area contributed by atoms with Gasteiger partial charge in [0.05, 0.1) is 6.61 Å². The summed E-state index contributed by atoms with van der Waals surface area (Å²) < 4.78 is 5.27. The van der Waals surface area contributed by atoms with Crippen LogP contribution in [0.1, 0.15) is 32.6 Å². The van der Waals surface area contributed by atoms with Crippen molar-refractivity contribution in [3.05, 3.63) is 5.28 Å². The molecule has 1 fully saturated rings. The second-order valence-electron chi connectivity index (χ2n) is 4.17. The predicted octanol–water partition coefficient (Wildman–Crippen LogP) is 2.30. The average molecular weight is 257 g/mol. The summed E-state index contributed by atoms with van der Waals surface area (Å²) >= 11 is 5.87. The highest BCUT2D eigenvalue weighted by Crippen LogP contribution is 2.26. The van der Waals surface area contributed by atoms with Gasteiger partial charge in [-0.3, -0.25) is 0 Å². The van der Waals surface area contributed by atoms with Gasteiger partial charge >= 0.3 is 6.01 Å². The summed E-state index contributed by atoms with van der Waals surface area (Å²) in [6.07, 6.45) is 4.91. The van der Waals surface area contributed by atoms with Gasteiger partial charge in [0, 0.05) is 13.1 Å². The largest absolute Gasteiger partial charge is 0.464 e. The van der Waals surface area contributed by atoms with Crippen LogP contribution in [0.25, 0.3) is 0 Å². The molecule has 0 spiro atoms.